The van der Waals surface area contributed by atoms with E-state index in [9.17, 15) is 0 Å². The predicted octanol–water partition coefficient (Wildman–Crippen LogP) is 3.31. The van der Waals surface area contributed by atoms with Gasteiger partial charge in [0.25, 0.3) is 0 Å². The molecule has 0 aliphatic rings. The molecule has 0 atom stereocenters. The van der Waals surface area contributed by atoms with Crippen LogP contribution < -0.4 is 10.5 Å². The number of nitrogens with zero attached hydrogens (tertiary/aromatic N) is 1. The topological polar surface area (TPSA) is 74.8 Å². The van der Waals surface area contributed by atoms with Crippen molar-refractivity contribution in [3.63, 3.8) is 0 Å². The number of H-pyrrole nitrogens is 1. The standard InChI is InChI=1S/C15H17N3O/c1-2-3-8-19-13-6-4-11(5-7-13)14-9-12(10-16)15(17)18-14/h4-7,9,18H,2-3,8,17H2,1H3. The summed E-state index contributed by atoms with van der Waals surface area (Å²) in [7, 11) is 0. The van der Waals surface area contributed by atoms with Crippen molar-refractivity contribution in [2.75, 3.05) is 12.3 Å². The maximum absolute atomic E-state index is 8.87. The van der Waals surface area contributed by atoms with Crippen molar-refractivity contribution in [2.24, 2.45) is 0 Å². The van der Waals surface area contributed by atoms with Crippen LogP contribution in [0.5, 0.6) is 5.75 Å². The van der Waals surface area contributed by atoms with Gasteiger partial charge in [-0.3, -0.25) is 0 Å². The number of nitriles is 1. The molecular formula is C15H17N3O. The van der Waals surface area contributed by atoms with Crippen molar-refractivity contribution in [1.29, 1.82) is 5.26 Å². The van der Waals surface area contributed by atoms with Gasteiger partial charge in [-0.25, -0.2) is 0 Å². The normalized spacial score (nSPS) is 10.1. The van der Waals surface area contributed by atoms with Crippen LogP contribution in [0.25, 0.3) is 11.3 Å². The second-order valence-electron chi connectivity index (χ2n) is 4.35. The van der Waals surface area contributed by atoms with Crippen LogP contribution >= 0.6 is 0 Å². The first-order valence-corrected chi connectivity index (χ1v) is 6.36. The molecule has 0 saturated carbocycles. The zero-order valence-electron chi connectivity index (χ0n) is 10.9. The lowest BCUT2D eigenvalue weighted by Gasteiger charge is -2.05. The number of unbranched alkanes of at least 4 members (excludes halogenated alkanes) is 1. The van der Waals surface area contributed by atoms with E-state index in [1.54, 1.807) is 6.07 Å². The Labute approximate surface area is 112 Å². The average Bonchev–Trinajstić information content (AvgIpc) is 2.81. The minimum Gasteiger partial charge on any atom is -0.494 e. The summed E-state index contributed by atoms with van der Waals surface area (Å²) in [6.45, 7) is 2.87. The second-order valence-corrected chi connectivity index (χ2v) is 4.35. The molecule has 0 spiro atoms. The number of aromatic amines is 1. The number of hydrogen-bond donors (Lipinski definition) is 2. The van der Waals surface area contributed by atoms with Crippen molar-refractivity contribution in [1.82, 2.24) is 4.98 Å². The largest absolute Gasteiger partial charge is 0.494 e. The van der Waals surface area contributed by atoms with Crippen LogP contribution in [-0.4, -0.2) is 11.6 Å². The Hall–Kier alpha value is -2.41. The van der Waals surface area contributed by atoms with Crippen LogP contribution in [0.15, 0.2) is 30.3 Å². The highest BCUT2D eigenvalue weighted by Gasteiger charge is 2.06. The minimum absolute atomic E-state index is 0.403. The summed E-state index contributed by atoms with van der Waals surface area (Å²) in [5.74, 6) is 1.26. The van der Waals surface area contributed by atoms with E-state index in [-0.39, 0.29) is 0 Å². The van der Waals surface area contributed by atoms with E-state index in [4.69, 9.17) is 15.7 Å². The van der Waals surface area contributed by atoms with Gasteiger partial charge >= 0.3 is 0 Å². The van der Waals surface area contributed by atoms with Gasteiger partial charge in [-0.2, -0.15) is 5.26 Å². The molecule has 2 rings (SSSR count). The summed E-state index contributed by atoms with van der Waals surface area (Å²) < 4.78 is 5.60. The number of anilines is 1. The van der Waals surface area contributed by atoms with E-state index in [2.05, 4.69) is 18.0 Å². The fourth-order valence-electron chi connectivity index (χ4n) is 1.78. The summed E-state index contributed by atoms with van der Waals surface area (Å²) in [5.41, 5.74) is 7.99. The lowest BCUT2D eigenvalue weighted by atomic mass is 10.1. The van der Waals surface area contributed by atoms with Crippen LogP contribution in [0.4, 0.5) is 5.82 Å². The van der Waals surface area contributed by atoms with Gasteiger partial charge in [0, 0.05) is 5.69 Å². The van der Waals surface area contributed by atoms with Gasteiger partial charge in [0.1, 0.15) is 17.6 Å². The van der Waals surface area contributed by atoms with Crippen molar-refractivity contribution < 1.29 is 4.74 Å². The number of benzene rings is 1. The number of nitrogen functional groups attached to an aromatic ring is 1. The highest BCUT2D eigenvalue weighted by Crippen LogP contribution is 2.25. The van der Waals surface area contributed by atoms with Crippen molar-refractivity contribution in [3.8, 4) is 23.1 Å². The lowest BCUT2D eigenvalue weighted by Crippen LogP contribution is -1.95. The highest BCUT2D eigenvalue weighted by molar-refractivity contribution is 5.67. The molecule has 1 heterocycles. The molecule has 0 unspecified atom stereocenters. The maximum Gasteiger partial charge on any atom is 0.119 e. The van der Waals surface area contributed by atoms with Gasteiger partial charge in [-0.1, -0.05) is 13.3 Å². The van der Waals surface area contributed by atoms with Crippen LogP contribution in [0.2, 0.25) is 0 Å². The predicted molar refractivity (Wildman–Crippen MR) is 75.8 cm³/mol. The first kappa shape index (κ1) is 13.0. The quantitative estimate of drug-likeness (QED) is 0.805. The third-order valence-electron chi connectivity index (χ3n) is 2.90. The molecule has 3 N–H and O–H groups in total. The van der Waals surface area contributed by atoms with E-state index in [0.717, 1.165) is 36.5 Å². The van der Waals surface area contributed by atoms with E-state index in [1.807, 2.05) is 24.3 Å². The molecular weight excluding hydrogens is 238 g/mol. The van der Waals surface area contributed by atoms with Gasteiger partial charge in [0.2, 0.25) is 0 Å². The number of nitrogens with two attached hydrogens (primary N) is 1. The summed E-state index contributed by atoms with van der Waals surface area (Å²) in [4.78, 5) is 3.00. The van der Waals surface area contributed by atoms with Crippen LogP contribution in [0.3, 0.4) is 0 Å². The number of ether oxygens (including phenoxy) is 1. The molecule has 4 heteroatoms. The molecule has 0 aliphatic carbocycles. The Balaban J connectivity index is 2.11. The Morgan fingerprint density at radius 2 is 2.05 bits per heavy atom. The number of nitrogens with one attached hydrogen (secondary N) is 1. The van der Waals surface area contributed by atoms with Crippen LogP contribution in [0, 0.1) is 11.3 Å². The summed E-state index contributed by atoms with van der Waals surface area (Å²) >= 11 is 0. The van der Waals surface area contributed by atoms with Crippen LogP contribution in [-0.2, 0) is 0 Å². The first-order valence-electron chi connectivity index (χ1n) is 6.36. The fraction of sp³-hybridized carbons (Fsp3) is 0.267. The Bertz CT molecular complexity index is 578. The van der Waals surface area contributed by atoms with Gasteiger partial charge in [-0.15, -0.1) is 0 Å². The second kappa shape index (κ2) is 5.96. The van der Waals surface area contributed by atoms with Gasteiger partial charge in [-0.05, 0) is 42.3 Å². The fourth-order valence-corrected chi connectivity index (χ4v) is 1.78. The van der Waals surface area contributed by atoms with Gasteiger partial charge in [0.05, 0.1) is 12.2 Å². The van der Waals surface area contributed by atoms with E-state index in [0.29, 0.717) is 11.4 Å². The first-order chi connectivity index (χ1) is 9.24. The number of aromatic nitrogens is 1. The van der Waals surface area contributed by atoms with Crippen LogP contribution in [0.1, 0.15) is 25.3 Å². The molecule has 0 amide bonds. The molecule has 4 nitrogen and oxygen atoms in total. The van der Waals surface area contributed by atoms with E-state index in [1.165, 1.54) is 0 Å². The average molecular weight is 255 g/mol. The molecule has 0 bridgehead atoms. The number of rotatable bonds is 5. The third kappa shape index (κ3) is 3.08. The molecule has 98 valence electrons. The molecule has 1 aromatic carbocycles. The third-order valence-corrected chi connectivity index (χ3v) is 2.90. The molecule has 0 radical (unpaired) electrons. The van der Waals surface area contributed by atoms with E-state index >= 15 is 0 Å². The molecule has 2 aromatic rings. The molecule has 0 aliphatic heterocycles. The Morgan fingerprint density at radius 1 is 1.32 bits per heavy atom. The lowest BCUT2D eigenvalue weighted by molar-refractivity contribution is 0.309. The van der Waals surface area contributed by atoms with Gasteiger partial charge in [0.15, 0.2) is 0 Å². The Morgan fingerprint density at radius 3 is 2.63 bits per heavy atom. The summed E-state index contributed by atoms with van der Waals surface area (Å²) in [6.07, 6.45) is 2.18. The summed E-state index contributed by atoms with van der Waals surface area (Å²) in [5, 5.41) is 8.87. The van der Waals surface area contributed by atoms with Gasteiger partial charge < -0.3 is 15.5 Å². The molecule has 1 aromatic heterocycles. The molecule has 0 fully saturated rings. The Kier molecular flexibility index (Phi) is 4.09. The van der Waals surface area contributed by atoms with E-state index < -0.39 is 0 Å². The van der Waals surface area contributed by atoms with Crippen molar-refractivity contribution in [2.45, 2.75) is 19.8 Å². The maximum atomic E-state index is 8.87. The highest BCUT2D eigenvalue weighted by atomic mass is 16.5. The van der Waals surface area contributed by atoms with Crippen molar-refractivity contribution >= 4 is 5.82 Å². The smallest absolute Gasteiger partial charge is 0.119 e. The minimum atomic E-state index is 0.403. The number of hydrogen-bond acceptors (Lipinski definition) is 3. The monoisotopic (exact) mass is 255 g/mol. The molecule has 0 saturated heterocycles. The zero-order chi connectivity index (χ0) is 13.7. The zero-order valence-corrected chi connectivity index (χ0v) is 10.9. The molecule has 19 heavy (non-hydrogen) atoms. The SMILES string of the molecule is CCCCOc1ccc(-c2cc(C#N)c(N)[nH]2)cc1. The van der Waals surface area contributed by atoms with Crippen molar-refractivity contribution in [3.05, 3.63) is 35.9 Å². The summed E-state index contributed by atoms with van der Waals surface area (Å²) in [6, 6.07) is 11.6.